The Balaban J connectivity index is 2.14. The van der Waals surface area contributed by atoms with Crippen molar-refractivity contribution < 1.29 is 13.2 Å². The minimum absolute atomic E-state index is 0.220. The Morgan fingerprint density at radius 3 is 2.65 bits per heavy atom. The van der Waals surface area contributed by atoms with Crippen LogP contribution in [0.5, 0.6) is 0 Å². The predicted octanol–water partition coefficient (Wildman–Crippen LogP) is 4.54. The predicted molar refractivity (Wildman–Crippen MR) is 72.8 cm³/mol. The third kappa shape index (κ3) is 3.19. The van der Waals surface area contributed by atoms with E-state index in [2.05, 4.69) is 21.2 Å². The smallest absolute Gasteiger partial charge is 0.164 e. The lowest BCUT2D eigenvalue weighted by molar-refractivity contribution is 0.492. The lowest BCUT2D eigenvalue weighted by Gasteiger charge is -2.08. The molecular weight excluding hydrogens is 407 g/mol. The molecule has 0 unspecified atom stereocenters. The molecule has 0 saturated carbocycles. The highest BCUT2D eigenvalue weighted by Crippen LogP contribution is 2.27. The zero-order valence-electron chi connectivity index (χ0n) is 8.44. The van der Waals surface area contributed by atoms with Crippen molar-refractivity contribution in [2.75, 3.05) is 5.32 Å². The van der Waals surface area contributed by atoms with Gasteiger partial charge >= 0.3 is 0 Å². The van der Waals surface area contributed by atoms with Gasteiger partial charge in [-0.1, -0.05) is 0 Å². The van der Waals surface area contributed by atoms with E-state index in [4.69, 9.17) is 4.42 Å². The Labute approximate surface area is 119 Å². The first-order valence-electron chi connectivity index (χ1n) is 4.69. The summed E-state index contributed by atoms with van der Waals surface area (Å²) in [6.45, 7) is 0.337. The van der Waals surface area contributed by atoms with E-state index in [1.54, 1.807) is 6.07 Å². The molecule has 2 rings (SSSR count). The third-order valence-electron chi connectivity index (χ3n) is 2.08. The Kier molecular flexibility index (Phi) is 4.03. The normalized spacial score (nSPS) is 10.6. The molecule has 0 atom stereocenters. The molecule has 1 aromatic carbocycles. The molecule has 1 aromatic heterocycles. The number of hydrogen-bond donors (Lipinski definition) is 1. The van der Waals surface area contributed by atoms with Crippen LogP contribution in [0.15, 0.2) is 33.2 Å². The molecule has 0 amide bonds. The van der Waals surface area contributed by atoms with E-state index in [-0.39, 0.29) is 5.69 Å². The van der Waals surface area contributed by atoms with Crippen molar-refractivity contribution >= 4 is 44.2 Å². The molecule has 0 aliphatic heterocycles. The number of furan rings is 1. The number of anilines is 1. The van der Waals surface area contributed by atoms with Gasteiger partial charge in [-0.3, -0.25) is 0 Å². The first kappa shape index (κ1) is 12.8. The van der Waals surface area contributed by atoms with Crippen molar-refractivity contribution in [1.82, 2.24) is 0 Å². The van der Waals surface area contributed by atoms with Gasteiger partial charge in [0.1, 0.15) is 17.4 Å². The Hall–Kier alpha value is -0.630. The highest BCUT2D eigenvalue weighted by atomic mass is 127. The fourth-order valence-corrected chi connectivity index (χ4v) is 2.34. The lowest BCUT2D eigenvalue weighted by Crippen LogP contribution is -2.02. The average Bonchev–Trinajstić information content (AvgIpc) is 2.62. The molecule has 0 fully saturated rings. The van der Waals surface area contributed by atoms with Crippen molar-refractivity contribution in [2.45, 2.75) is 6.54 Å². The zero-order chi connectivity index (χ0) is 12.4. The van der Waals surface area contributed by atoms with Gasteiger partial charge in [0.25, 0.3) is 0 Å². The summed E-state index contributed by atoms with van der Waals surface area (Å²) < 4.78 is 32.7. The number of benzene rings is 1. The van der Waals surface area contributed by atoms with Crippen LogP contribution < -0.4 is 5.32 Å². The van der Waals surface area contributed by atoms with E-state index < -0.39 is 11.6 Å². The molecule has 90 valence electrons. The van der Waals surface area contributed by atoms with E-state index in [1.165, 1.54) is 6.07 Å². The first-order chi connectivity index (χ1) is 8.06. The Morgan fingerprint density at radius 2 is 2.06 bits per heavy atom. The van der Waals surface area contributed by atoms with Gasteiger partial charge in [-0.25, -0.2) is 8.78 Å². The van der Waals surface area contributed by atoms with Gasteiger partial charge in [-0.2, -0.15) is 0 Å². The summed E-state index contributed by atoms with van der Waals surface area (Å²) in [5, 5.41) is 2.85. The number of nitrogens with one attached hydrogen (secondary N) is 1. The van der Waals surface area contributed by atoms with Crippen LogP contribution in [0.4, 0.5) is 14.5 Å². The summed E-state index contributed by atoms with van der Waals surface area (Å²) >= 11 is 5.15. The first-order valence-corrected chi connectivity index (χ1v) is 6.56. The molecule has 1 heterocycles. The van der Waals surface area contributed by atoms with E-state index in [0.29, 0.717) is 16.8 Å². The van der Waals surface area contributed by atoms with Crippen molar-refractivity contribution in [3.8, 4) is 0 Å². The molecule has 0 aliphatic carbocycles. The molecule has 0 aliphatic rings. The van der Waals surface area contributed by atoms with Gasteiger partial charge in [0, 0.05) is 10.5 Å². The van der Waals surface area contributed by atoms with E-state index in [0.717, 1.165) is 9.83 Å². The molecule has 1 N–H and O–H groups in total. The number of rotatable bonds is 3. The maximum Gasteiger partial charge on any atom is 0.164 e. The monoisotopic (exact) mass is 413 g/mol. The fourth-order valence-electron chi connectivity index (χ4n) is 1.33. The summed E-state index contributed by atoms with van der Waals surface area (Å²) in [5.74, 6) is -0.573. The van der Waals surface area contributed by atoms with E-state index in [1.807, 2.05) is 28.7 Å². The molecule has 17 heavy (non-hydrogen) atoms. The summed E-state index contributed by atoms with van der Waals surface area (Å²) in [4.78, 5) is 0. The van der Waals surface area contributed by atoms with Crippen LogP contribution in [0, 0.1) is 15.4 Å². The van der Waals surface area contributed by atoms with Crippen molar-refractivity contribution in [3.63, 3.8) is 0 Å². The van der Waals surface area contributed by atoms with Gasteiger partial charge in [-0.05, 0) is 56.7 Å². The van der Waals surface area contributed by atoms with Gasteiger partial charge in [0.2, 0.25) is 0 Å². The summed E-state index contributed by atoms with van der Waals surface area (Å²) in [6, 6.07) is 5.65. The van der Waals surface area contributed by atoms with Crippen LogP contribution >= 0.6 is 38.5 Å². The topological polar surface area (TPSA) is 25.2 Å². The molecule has 2 nitrogen and oxygen atoms in total. The minimum atomic E-state index is -0.641. The highest BCUT2D eigenvalue weighted by molar-refractivity contribution is 14.1. The molecule has 0 saturated heterocycles. The summed E-state index contributed by atoms with van der Waals surface area (Å²) in [5.41, 5.74) is 0.220. The van der Waals surface area contributed by atoms with Crippen LogP contribution in [0.25, 0.3) is 0 Å². The van der Waals surface area contributed by atoms with E-state index >= 15 is 0 Å². The van der Waals surface area contributed by atoms with Crippen molar-refractivity contribution in [2.24, 2.45) is 0 Å². The van der Waals surface area contributed by atoms with Gasteiger partial charge in [0.05, 0.1) is 12.2 Å². The largest absolute Gasteiger partial charge is 0.454 e. The van der Waals surface area contributed by atoms with E-state index in [9.17, 15) is 8.78 Å². The maximum atomic E-state index is 13.5. The molecular formula is C11H7BrF2INO. The molecule has 2 aromatic rings. The van der Waals surface area contributed by atoms with Gasteiger partial charge < -0.3 is 9.73 Å². The second-order valence-corrected chi connectivity index (χ2v) is 5.22. The van der Waals surface area contributed by atoms with Crippen LogP contribution in [-0.2, 0) is 6.54 Å². The number of hydrogen-bond acceptors (Lipinski definition) is 2. The SMILES string of the molecule is Fc1cc(F)c(NCc2ccc(I)o2)c(Br)c1. The zero-order valence-corrected chi connectivity index (χ0v) is 12.2. The van der Waals surface area contributed by atoms with Crippen LogP contribution in [0.2, 0.25) is 0 Å². The summed E-state index contributed by atoms with van der Waals surface area (Å²) in [6.07, 6.45) is 0. The van der Waals surface area contributed by atoms with Crippen LogP contribution in [0.3, 0.4) is 0 Å². The quantitative estimate of drug-likeness (QED) is 0.747. The second kappa shape index (κ2) is 5.34. The van der Waals surface area contributed by atoms with Gasteiger partial charge in [-0.15, -0.1) is 0 Å². The maximum absolute atomic E-state index is 13.5. The number of halogens is 4. The van der Waals surface area contributed by atoms with Gasteiger partial charge in [0.15, 0.2) is 3.77 Å². The van der Waals surface area contributed by atoms with Crippen LogP contribution in [-0.4, -0.2) is 0 Å². The highest BCUT2D eigenvalue weighted by Gasteiger charge is 2.10. The van der Waals surface area contributed by atoms with Crippen molar-refractivity contribution in [3.05, 3.63) is 49.9 Å². The fraction of sp³-hybridized carbons (Fsp3) is 0.0909. The third-order valence-corrected chi connectivity index (χ3v) is 3.28. The van der Waals surface area contributed by atoms with Crippen molar-refractivity contribution in [1.29, 1.82) is 0 Å². The Morgan fingerprint density at radius 1 is 1.29 bits per heavy atom. The second-order valence-electron chi connectivity index (χ2n) is 3.30. The molecule has 0 spiro atoms. The minimum Gasteiger partial charge on any atom is -0.454 e. The summed E-state index contributed by atoms with van der Waals surface area (Å²) in [7, 11) is 0. The molecule has 0 bridgehead atoms. The lowest BCUT2D eigenvalue weighted by atomic mass is 10.3. The van der Waals surface area contributed by atoms with Crippen LogP contribution in [0.1, 0.15) is 5.76 Å². The Bertz CT molecular complexity index is 521. The molecule has 6 heteroatoms. The average molecular weight is 414 g/mol. The molecule has 0 radical (unpaired) electrons. The standard InChI is InChI=1S/C11H7BrF2INO/c12-8-3-6(13)4-9(14)11(8)16-5-7-1-2-10(15)17-7/h1-4,16H,5H2.